The molecule has 5 unspecified atom stereocenters. The van der Waals surface area contributed by atoms with Crippen LogP contribution in [-0.4, -0.2) is 70.3 Å². The molecular weight excluding hydrogens is 458 g/mol. The summed E-state index contributed by atoms with van der Waals surface area (Å²) < 4.78 is 48.2. The lowest BCUT2D eigenvalue weighted by molar-refractivity contribution is -0.113. The van der Waals surface area contributed by atoms with Crippen molar-refractivity contribution in [3.8, 4) is 0 Å². The third-order valence-electron chi connectivity index (χ3n) is 4.15. The van der Waals surface area contributed by atoms with Gasteiger partial charge in [-0.25, -0.2) is 9.18 Å². The van der Waals surface area contributed by atoms with Crippen molar-refractivity contribution in [3.63, 3.8) is 0 Å². The average molecular weight is 483 g/mol. The number of aliphatic hydroxyl groups is 1. The quantitative estimate of drug-likeness (QED) is 0.323. The maximum Gasteiger partial charge on any atom is 0.697 e. The number of alkyl halides is 1. The van der Waals surface area contributed by atoms with E-state index in [1.807, 2.05) is 4.98 Å². The van der Waals surface area contributed by atoms with Crippen LogP contribution in [0.15, 0.2) is 21.9 Å². The molecule has 5 atom stereocenters. The lowest BCUT2D eigenvalue weighted by atomic mass is 10.1. The molecule has 0 bridgehead atoms. The Morgan fingerprint density at radius 2 is 2.13 bits per heavy atom. The van der Waals surface area contributed by atoms with Crippen LogP contribution in [0.5, 0.6) is 0 Å². The van der Waals surface area contributed by atoms with Gasteiger partial charge in [0.1, 0.15) is 12.7 Å². The first kappa shape index (κ1) is 25.8. The van der Waals surface area contributed by atoms with Gasteiger partial charge >= 0.3 is 13.9 Å². The Hall–Kier alpha value is -1.47. The zero-order valence-electron chi connectivity index (χ0n) is 17.0. The molecule has 0 aromatic carbocycles. The van der Waals surface area contributed by atoms with Crippen molar-refractivity contribution in [2.75, 3.05) is 32.2 Å². The van der Waals surface area contributed by atoms with E-state index >= 15 is 0 Å². The number of hydrogen-bond acceptors (Lipinski definition) is 10. The summed E-state index contributed by atoms with van der Waals surface area (Å²) in [5.74, 6) is 0.422. The summed E-state index contributed by atoms with van der Waals surface area (Å²) in [6, 6.07) is 1.01. The maximum atomic E-state index is 14.8. The standard InChI is InChI=1S/C17H24FN2O9PS/c1-10(2)16(23)31-8-7-26-5-6-27-30(25)29-14-11(9-21)28-15(13(14)18)20-4-3-12(22)19-17(20)24/h3-4,10-11,13-15,21H,5-9H2,1-2H3/p+1. The van der Waals surface area contributed by atoms with Crippen LogP contribution in [0.4, 0.5) is 4.39 Å². The zero-order chi connectivity index (χ0) is 23.0. The van der Waals surface area contributed by atoms with Gasteiger partial charge in [-0.1, -0.05) is 25.6 Å². The molecule has 1 aliphatic rings. The molecule has 1 aliphatic heterocycles. The molecule has 174 valence electrons. The zero-order valence-corrected chi connectivity index (χ0v) is 18.7. The molecule has 1 aromatic rings. The number of aliphatic hydroxyl groups excluding tert-OH is 1. The van der Waals surface area contributed by atoms with E-state index < -0.39 is 50.7 Å². The number of halogens is 1. The summed E-state index contributed by atoms with van der Waals surface area (Å²) in [5, 5.41) is 9.48. The Morgan fingerprint density at radius 3 is 2.77 bits per heavy atom. The van der Waals surface area contributed by atoms with Gasteiger partial charge in [0, 0.05) is 28.5 Å². The van der Waals surface area contributed by atoms with Crippen LogP contribution in [0.3, 0.4) is 0 Å². The Kier molecular flexibility index (Phi) is 10.4. The molecule has 2 N–H and O–H groups in total. The van der Waals surface area contributed by atoms with Crippen LogP contribution < -0.4 is 11.2 Å². The molecule has 2 rings (SSSR count). The Balaban J connectivity index is 1.78. The van der Waals surface area contributed by atoms with E-state index in [1.165, 1.54) is 0 Å². The first-order valence-corrected chi connectivity index (χ1v) is 11.6. The highest BCUT2D eigenvalue weighted by Gasteiger charge is 2.51. The molecule has 0 amide bonds. The average Bonchev–Trinajstić information content (AvgIpc) is 3.02. The fourth-order valence-electron chi connectivity index (χ4n) is 2.59. The smallest absolute Gasteiger partial charge is 0.394 e. The van der Waals surface area contributed by atoms with Crippen molar-refractivity contribution in [2.24, 2.45) is 5.92 Å². The molecular formula is C17H25FN2O9PS+. The minimum Gasteiger partial charge on any atom is -0.394 e. The molecule has 14 heteroatoms. The van der Waals surface area contributed by atoms with Crippen molar-refractivity contribution in [2.45, 2.75) is 38.5 Å². The van der Waals surface area contributed by atoms with Crippen molar-refractivity contribution < 1.29 is 37.4 Å². The third kappa shape index (κ3) is 7.56. The monoisotopic (exact) mass is 483 g/mol. The number of H-pyrrole nitrogens is 1. The summed E-state index contributed by atoms with van der Waals surface area (Å²) in [6.45, 7) is 3.24. The van der Waals surface area contributed by atoms with E-state index in [0.29, 0.717) is 12.4 Å². The van der Waals surface area contributed by atoms with Crippen molar-refractivity contribution in [1.82, 2.24) is 9.55 Å². The summed E-state index contributed by atoms with van der Waals surface area (Å²) >= 11 is 1.16. The highest BCUT2D eigenvalue weighted by atomic mass is 32.2. The summed E-state index contributed by atoms with van der Waals surface area (Å²) in [6.07, 6.45) is -5.06. The molecule has 31 heavy (non-hydrogen) atoms. The third-order valence-corrected chi connectivity index (χ3v) is 6.08. The van der Waals surface area contributed by atoms with E-state index in [1.54, 1.807) is 13.8 Å². The van der Waals surface area contributed by atoms with Gasteiger partial charge < -0.3 is 14.6 Å². The highest BCUT2D eigenvalue weighted by Crippen LogP contribution is 2.38. The van der Waals surface area contributed by atoms with Gasteiger partial charge in [-0.2, -0.15) is 0 Å². The number of aromatic nitrogens is 2. The number of aromatic amines is 1. The molecule has 1 fully saturated rings. The van der Waals surface area contributed by atoms with E-state index in [0.717, 1.165) is 28.6 Å². The topological polar surface area (TPSA) is 146 Å². The Labute approximate surface area is 182 Å². The largest absolute Gasteiger partial charge is 0.697 e. The lowest BCUT2D eigenvalue weighted by Crippen LogP contribution is -2.36. The molecule has 1 saturated heterocycles. The van der Waals surface area contributed by atoms with Crippen LogP contribution in [0.1, 0.15) is 20.1 Å². The first-order chi connectivity index (χ1) is 14.7. The Bertz CT molecular complexity index is 864. The molecule has 0 aliphatic carbocycles. The molecule has 0 spiro atoms. The van der Waals surface area contributed by atoms with Gasteiger partial charge in [0.05, 0.1) is 19.8 Å². The molecule has 11 nitrogen and oxygen atoms in total. The number of thioether (sulfide) groups is 1. The number of nitrogens with one attached hydrogen (secondary N) is 1. The minimum atomic E-state index is -2.76. The van der Waals surface area contributed by atoms with Crippen LogP contribution in [0.25, 0.3) is 0 Å². The van der Waals surface area contributed by atoms with Gasteiger partial charge in [-0.05, 0) is 0 Å². The number of ether oxygens (including phenoxy) is 2. The van der Waals surface area contributed by atoms with Gasteiger partial charge in [0.15, 0.2) is 23.6 Å². The van der Waals surface area contributed by atoms with Crippen molar-refractivity contribution >= 4 is 25.1 Å². The number of hydrogen-bond donors (Lipinski definition) is 2. The lowest BCUT2D eigenvalue weighted by Gasteiger charge is -2.14. The second-order valence-corrected chi connectivity index (χ2v) is 8.79. The fourth-order valence-corrected chi connectivity index (χ4v) is 4.06. The Morgan fingerprint density at radius 1 is 1.39 bits per heavy atom. The number of nitrogens with zero attached hydrogens (tertiary/aromatic N) is 1. The SMILES string of the molecule is CC(C)C(=O)SCCOCCO[P+](=O)OC1C(CO)OC(n2ccc(=O)[nH]c2=O)C1F. The van der Waals surface area contributed by atoms with Crippen molar-refractivity contribution in [3.05, 3.63) is 33.1 Å². The molecule has 0 saturated carbocycles. The van der Waals surface area contributed by atoms with Gasteiger partial charge in [-0.15, -0.1) is 9.05 Å². The van der Waals surface area contributed by atoms with Gasteiger partial charge in [0.25, 0.3) is 5.56 Å². The summed E-state index contributed by atoms with van der Waals surface area (Å²) in [5.41, 5.74) is -1.56. The second kappa shape index (κ2) is 12.5. The van der Waals surface area contributed by atoms with E-state index in [2.05, 4.69) is 0 Å². The molecule has 2 heterocycles. The number of carbonyl (C=O) groups excluding carboxylic acids is 1. The second-order valence-electron chi connectivity index (χ2n) is 6.77. The highest BCUT2D eigenvalue weighted by molar-refractivity contribution is 8.13. The maximum absolute atomic E-state index is 14.8. The first-order valence-electron chi connectivity index (χ1n) is 9.47. The number of carbonyl (C=O) groups is 1. The molecule has 0 radical (unpaired) electrons. The summed E-state index contributed by atoms with van der Waals surface area (Å²) in [4.78, 5) is 36.4. The van der Waals surface area contributed by atoms with Crippen LogP contribution >= 0.6 is 20.0 Å². The van der Waals surface area contributed by atoms with Crippen LogP contribution in [-0.2, 0) is 27.9 Å². The van der Waals surface area contributed by atoms with Crippen LogP contribution in [0, 0.1) is 5.92 Å². The van der Waals surface area contributed by atoms with Crippen molar-refractivity contribution in [1.29, 1.82) is 0 Å². The van der Waals surface area contributed by atoms with E-state index in [4.69, 9.17) is 18.5 Å². The minimum absolute atomic E-state index is 0.0569. The summed E-state index contributed by atoms with van der Waals surface area (Å²) in [7, 11) is -2.76. The van der Waals surface area contributed by atoms with Crippen LogP contribution in [0.2, 0.25) is 0 Å². The fraction of sp³-hybridized carbons (Fsp3) is 0.706. The van der Waals surface area contributed by atoms with E-state index in [9.17, 15) is 28.4 Å². The number of rotatable bonds is 12. The normalized spacial score (nSPS) is 24.0. The van der Waals surface area contributed by atoms with Gasteiger partial charge in [-0.3, -0.25) is 19.1 Å². The molecule has 1 aromatic heterocycles. The van der Waals surface area contributed by atoms with Gasteiger partial charge in [0.2, 0.25) is 0 Å². The predicted octanol–water partition coefficient (Wildman–Crippen LogP) is 0.756. The predicted molar refractivity (Wildman–Crippen MR) is 109 cm³/mol. The van der Waals surface area contributed by atoms with E-state index in [-0.39, 0.29) is 24.2 Å².